The Balaban J connectivity index is 2.49. The number of nitrogens with zero attached hydrogens (tertiary/aromatic N) is 1. The fourth-order valence-corrected chi connectivity index (χ4v) is 2.25. The lowest BCUT2D eigenvalue weighted by Gasteiger charge is -2.33. The number of fused-ring (bicyclic) bond motifs is 1. The van der Waals surface area contributed by atoms with Crippen molar-refractivity contribution in [3.63, 3.8) is 0 Å². The fourth-order valence-electron chi connectivity index (χ4n) is 1.77. The van der Waals surface area contributed by atoms with Crippen molar-refractivity contribution in [3.05, 3.63) is 22.7 Å². The van der Waals surface area contributed by atoms with Gasteiger partial charge < -0.3 is 10.2 Å². The summed E-state index contributed by atoms with van der Waals surface area (Å²) in [5.74, 6) is 0. The average molecular weight is 241 g/mol. The summed E-state index contributed by atoms with van der Waals surface area (Å²) >= 11 is 3.55. The van der Waals surface area contributed by atoms with Gasteiger partial charge in [0, 0.05) is 24.1 Å². The number of halogens is 1. The van der Waals surface area contributed by atoms with Crippen LogP contribution in [0.3, 0.4) is 0 Å². The Morgan fingerprint density at radius 2 is 2.31 bits per heavy atom. The largest absolute Gasteiger partial charge is 0.378 e. The van der Waals surface area contributed by atoms with Crippen LogP contribution < -0.4 is 10.2 Å². The fraction of sp³-hybridized carbons (Fsp3) is 0.400. The Kier molecular flexibility index (Phi) is 2.20. The number of para-hydroxylation sites is 1. The molecule has 2 nitrogen and oxygen atoms in total. The number of hydrogen-bond acceptors (Lipinski definition) is 2. The smallest absolute Gasteiger partial charge is 0.0724 e. The molecule has 2 rings (SSSR count). The summed E-state index contributed by atoms with van der Waals surface area (Å²) in [6.45, 7) is 3.25. The first-order chi connectivity index (χ1) is 6.18. The highest BCUT2D eigenvalue weighted by Gasteiger charge is 2.19. The van der Waals surface area contributed by atoms with Gasteiger partial charge in [-0.2, -0.15) is 0 Å². The lowest BCUT2D eigenvalue weighted by Crippen LogP contribution is -2.37. The molecule has 70 valence electrons. The van der Waals surface area contributed by atoms with E-state index in [2.05, 4.69) is 58.3 Å². The summed E-state index contributed by atoms with van der Waals surface area (Å²) in [6, 6.07) is 6.78. The molecule has 1 aromatic rings. The lowest BCUT2D eigenvalue weighted by molar-refractivity contribution is 0.737. The summed E-state index contributed by atoms with van der Waals surface area (Å²) in [7, 11) is 2.13. The first-order valence-corrected chi connectivity index (χ1v) is 5.24. The summed E-state index contributed by atoms with van der Waals surface area (Å²) in [6.07, 6.45) is 0. The molecule has 1 atom stereocenters. The molecule has 1 N–H and O–H groups in total. The molecule has 0 saturated heterocycles. The highest BCUT2D eigenvalue weighted by Crippen LogP contribution is 2.35. The molecule has 0 fully saturated rings. The zero-order valence-corrected chi connectivity index (χ0v) is 9.43. The molecule has 1 heterocycles. The van der Waals surface area contributed by atoms with E-state index < -0.39 is 0 Å². The van der Waals surface area contributed by atoms with Gasteiger partial charge in [-0.3, -0.25) is 0 Å². The average Bonchev–Trinajstić information content (AvgIpc) is 2.07. The van der Waals surface area contributed by atoms with Gasteiger partial charge in [0.05, 0.1) is 11.4 Å². The monoisotopic (exact) mass is 240 g/mol. The van der Waals surface area contributed by atoms with E-state index in [0.29, 0.717) is 6.04 Å². The van der Waals surface area contributed by atoms with E-state index in [4.69, 9.17) is 0 Å². The molecule has 0 aromatic heterocycles. The third kappa shape index (κ3) is 1.53. The molecule has 0 bridgehead atoms. The number of likely N-dealkylation sites (N-methyl/N-ethyl adjacent to an activating group) is 1. The van der Waals surface area contributed by atoms with Crippen LogP contribution in [0.25, 0.3) is 0 Å². The number of benzene rings is 1. The molecule has 1 aliphatic heterocycles. The van der Waals surface area contributed by atoms with Crippen molar-refractivity contribution in [2.24, 2.45) is 0 Å². The van der Waals surface area contributed by atoms with E-state index in [1.807, 2.05) is 0 Å². The molecular weight excluding hydrogens is 228 g/mol. The van der Waals surface area contributed by atoms with Gasteiger partial charge >= 0.3 is 0 Å². The second-order valence-corrected chi connectivity index (χ2v) is 4.41. The lowest BCUT2D eigenvalue weighted by atomic mass is 10.1. The van der Waals surface area contributed by atoms with Crippen molar-refractivity contribution in [2.75, 3.05) is 23.8 Å². The number of hydrogen-bond donors (Lipinski definition) is 1. The van der Waals surface area contributed by atoms with E-state index >= 15 is 0 Å². The maximum Gasteiger partial charge on any atom is 0.0724 e. The number of rotatable bonds is 0. The molecule has 0 saturated carbocycles. The molecule has 0 aliphatic carbocycles. The molecule has 0 amide bonds. The molecule has 0 radical (unpaired) electrons. The van der Waals surface area contributed by atoms with Crippen LogP contribution in [0.1, 0.15) is 6.92 Å². The highest BCUT2D eigenvalue weighted by molar-refractivity contribution is 9.10. The quantitative estimate of drug-likeness (QED) is 0.751. The van der Waals surface area contributed by atoms with E-state index in [0.717, 1.165) is 11.0 Å². The molecule has 1 aromatic carbocycles. The van der Waals surface area contributed by atoms with E-state index in [1.54, 1.807) is 0 Å². The van der Waals surface area contributed by atoms with Gasteiger partial charge in [0.15, 0.2) is 0 Å². The van der Waals surface area contributed by atoms with Crippen LogP contribution in [0.4, 0.5) is 11.4 Å². The van der Waals surface area contributed by atoms with Crippen molar-refractivity contribution >= 4 is 27.3 Å². The zero-order chi connectivity index (χ0) is 9.42. The Hall–Kier alpha value is -0.700. The second-order valence-electron chi connectivity index (χ2n) is 3.56. The van der Waals surface area contributed by atoms with E-state index in [1.165, 1.54) is 11.4 Å². The molecule has 1 aliphatic rings. The van der Waals surface area contributed by atoms with Crippen LogP contribution in [0, 0.1) is 0 Å². The van der Waals surface area contributed by atoms with Gasteiger partial charge in [-0.25, -0.2) is 0 Å². The highest BCUT2D eigenvalue weighted by atomic mass is 79.9. The molecule has 0 spiro atoms. The predicted molar refractivity (Wildman–Crippen MR) is 60.5 cm³/mol. The maximum atomic E-state index is 3.55. The van der Waals surface area contributed by atoms with Crippen LogP contribution in [0.5, 0.6) is 0 Å². The van der Waals surface area contributed by atoms with Gasteiger partial charge in [-0.05, 0) is 35.0 Å². The first-order valence-electron chi connectivity index (χ1n) is 4.44. The third-order valence-corrected chi connectivity index (χ3v) is 3.00. The molecular formula is C10H13BrN2. The summed E-state index contributed by atoms with van der Waals surface area (Å²) in [5.41, 5.74) is 2.48. The zero-order valence-electron chi connectivity index (χ0n) is 7.84. The first kappa shape index (κ1) is 8.88. The van der Waals surface area contributed by atoms with E-state index in [-0.39, 0.29) is 0 Å². The van der Waals surface area contributed by atoms with Gasteiger partial charge in [0.25, 0.3) is 0 Å². The predicted octanol–water partition coefficient (Wildman–Crippen LogP) is 2.70. The van der Waals surface area contributed by atoms with Gasteiger partial charge in [-0.1, -0.05) is 6.07 Å². The van der Waals surface area contributed by atoms with Crippen LogP contribution in [0.2, 0.25) is 0 Å². The second kappa shape index (κ2) is 3.22. The molecule has 1 unspecified atom stereocenters. The van der Waals surface area contributed by atoms with Crippen molar-refractivity contribution < 1.29 is 0 Å². The third-order valence-electron chi connectivity index (χ3n) is 2.34. The van der Waals surface area contributed by atoms with Crippen molar-refractivity contribution in [2.45, 2.75) is 13.0 Å². The SMILES string of the molecule is CC1CN(C)c2cccc(Br)c2N1. The van der Waals surface area contributed by atoms with Crippen LogP contribution in [-0.2, 0) is 0 Å². The van der Waals surface area contributed by atoms with Crippen molar-refractivity contribution in [1.29, 1.82) is 0 Å². The van der Waals surface area contributed by atoms with Gasteiger partial charge in [0.2, 0.25) is 0 Å². The Morgan fingerprint density at radius 3 is 3.08 bits per heavy atom. The minimum Gasteiger partial charge on any atom is -0.378 e. The van der Waals surface area contributed by atoms with Crippen LogP contribution in [0.15, 0.2) is 22.7 Å². The van der Waals surface area contributed by atoms with Gasteiger partial charge in [-0.15, -0.1) is 0 Å². The van der Waals surface area contributed by atoms with Gasteiger partial charge in [0.1, 0.15) is 0 Å². The maximum absolute atomic E-state index is 3.55. The van der Waals surface area contributed by atoms with Crippen molar-refractivity contribution in [1.82, 2.24) is 0 Å². The number of nitrogens with one attached hydrogen (secondary N) is 1. The standard InChI is InChI=1S/C10H13BrN2/c1-7-6-13(2)9-5-3-4-8(11)10(9)12-7/h3-5,7,12H,6H2,1-2H3. The Morgan fingerprint density at radius 1 is 1.54 bits per heavy atom. The molecule has 3 heteroatoms. The minimum atomic E-state index is 0.510. The summed E-state index contributed by atoms with van der Waals surface area (Å²) in [4.78, 5) is 2.28. The van der Waals surface area contributed by atoms with Crippen LogP contribution >= 0.6 is 15.9 Å². The topological polar surface area (TPSA) is 15.3 Å². The van der Waals surface area contributed by atoms with Crippen LogP contribution in [-0.4, -0.2) is 19.6 Å². The summed E-state index contributed by atoms with van der Waals surface area (Å²) < 4.78 is 1.14. The Bertz CT molecular complexity index is 325. The number of anilines is 2. The van der Waals surface area contributed by atoms with Crippen molar-refractivity contribution in [3.8, 4) is 0 Å². The normalized spacial score (nSPS) is 20.8. The molecule has 13 heavy (non-hydrogen) atoms. The Labute approximate surface area is 87.1 Å². The summed E-state index contributed by atoms with van der Waals surface area (Å²) in [5, 5.41) is 3.47. The van der Waals surface area contributed by atoms with E-state index in [9.17, 15) is 0 Å². The minimum absolute atomic E-state index is 0.510.